The molecule has 1 fully saturated rings. The maximum Gasteiger partial charge on any atom is 0.225 e. The molecule has 33 heavy (non-hydrogen) atoms. The number of aliphatic imine (C=N–C) groups is 1. The molecule has 1 saturated heterocycles. The van der Waals surface area contributed by atoms with Gasteiger partial charge in [0.05, 0.1) is 0 Å². The molecule has 1 aromatic heterocycles. The Balaban J connectivity index is 0.00000306. The SMILES string of the molecule is CN=C(NCCc1ccc(OCc2ccccc2)cc1)N1CCN(c2ncccn2)CC1.I. The lowest BCUT2D eigenvalue weighted by Crippen LogP contribution is -2.53. The second-order valence-corrected chi connectivity index (χ2v) is 7.67. The molecular weight excluding hydrogens is 527 g/mol. The highest BCUT2D eigenvalue weighted by atomic mass is 127. The van der Waals surface area contributed by atoms with Gasteiger partial charge in [-0.25, -0.2) is 9.97 Å². The van der Waals surface area contributed by atoms with Crippen molar-refractivity contribution in [2.24, 2.45) is 4.99 Å². The van der Waals surface area contributed by atoms with Gasteiger partial charge in [0.2, 0.25) is 5.95 Å². The van der Waals surface area contributed by atoms with Gasteiger partial charge in [-0.1, -0.05) is 42.5 Å². The number of piperazine rings is 1. The van der Waals surface area contributed by atoms with Crippen molar-refractivity contribution in [1.29, 1.82) is 0 Å². The van der Waals surface area contributed by atoms with Crippen LogP contribution >= 0.6 is 24.0 Å². The first kappa shape index (κ1) is 24.8. The zero-order valence-electron chi connectivity index (χ0n) is 18.9. The van der Waals surface area contributed by atoms with Crippen molar-refractivity contribution in [3.8, 4) is 5.75 Å². The number of hydrogen-bond donors (Lipinski definition) is 1. The lowest BCUT2D eigenvalue weighted by Gasteiger charge is -2.36. The zero-order chi connectivity index (χ0) is 22.0. The molecule has 4 rings (SSSR count). The van der Waals surface area contributed by atoms with Gasteiger partial charge in [0.1, 0.15) is 12.4 Å². The molecule has 7 nitrogen and oxygen atoms in total. The Kier molecular flexibility index (Phi) is 9.74. The standard InChI is InChI=1S/C25H30N6O.HI/c1-26-24(30-16-18-31(19-17-30)25-27-13-5-14-28-25)29-15-12-21-8-10-23(11-9-21)32-20-22-6-3-2-4-7-22;/h2-11,13-14H,12,15-20H2,1H3,(H,26,29);1H. The van der Waals surface area contributed by atoms with Crippen molar-refractivity contribution in [2.75, 3.05) is 44.7 Å². The Morgan fingerprint density at radius 3 is 2.27 bits per heavy atom. The van der Waals surface area contributed by atoms with Crippen LogP contribution in [-0.2, 0) is 13.0 Å². The minimum atomic E-state index is 0. The van der Waals surface area contributed by atoms with Crippen LogP contribution in [0.5, 0.6) is 5.75 Å². The van der Waals surface area contributed by atoms with Crippen LogP contribution in [0.15, 0.2) is 78.0 Å². The van der Waals surface area contributed by atoms with Gasteiger partial charge in [-0.05, 0) is 35.7 Å². The topological polar surface area (TPSA) is 65.9 Å². The van der Waals surface area contributed by atoms with Gasteiger partial charge in [-0.2, -0.15) is 0 Å². The van der Waals surface area contributed by atoms with E-state index in [9.17, 15) is 0 Å². The smallest absolute Gasteiger partial charge is 0.225 e. The van der Waals surface area contributed by atoms with Crippen LogP contribution < -0.4 is 15.0 Å². The number of anilines is 1. The maximum atomic E-state index is 5.87. The number of nitrogens with one attached hydrogen (secondary N) is 1. The number of rotatable bonds is 7. The van der Waals surface area contributed by atoms with Gasteiger partial charge in [0.25, 0.3) is 0 Å². The molecule has 0 unspecified atom stereocenters. The van der Waals surface area contributed by atoms with Crippen LogP contribution in [0.25, 0.3) is 0 Å². The van der Waals surface area contributed by atoms with Crippen LogP contribution in [-0.4, -0.2) is 60.6 Å². The minimum absolute atomic E-state index is 0. The lowest BCUT2D eigenvalue weighted by atomic mass is 10.1. The number of guanidine groups is 1. The van der Waals surface area contributed by atoms with Crippen LogP contribution in [0.1, 0.15) is 11.1 Å². The molecule has 174 valence electrons. The summed E-state index contributed by atoms with van der Waals surface area (Å²) in [6, 6.07) is 20.4. The predicted molar refractivity (Wildman–Crippen MR) is 144 cm³/mol. The molecular formula is C25H31IN6O. The lowest BCUT2D eigenvalue weighted by molar-refractivity contribution is 0.306. The van der Waals surface area contributed by atoms with E-state index in [1.807, 2.05) is 43.4 Å². The molecule has 0 atom stereocenters. The van der Waals surface area contributed by atoms with Crippen molar-refractivity contribution >= 4 is 35.9 Å². The highest BCUT2D eigenvalue weighted by molar-refractivity contribution is 14.0. The van der Waals surface area contributed by atoms with Crippen LogP contribution in [0.4, 0.5) is 5.95 Å². The Bertz CT molecular complexity index is 977. The number of benzene rings is 2. The molecule has 2 heterocycles. The van der Waals surface area contributed by atoms with E-state index in [1.54, 1.807) is 12.4 Å². The van der Waals surface area contributed by atoms with E-state index in [1.165, 1.54) is 11.1 Å². The number of ether oxygens (including phenoxy) is 1. The van der Waals surface area contributed by atoms with Crippen molar-refractivity contribution in [1.82, 2.24) is 20.2 Å². The summed E-state index contributed by atoms with van der Waals surface area (Å²) in [6.07, 6.45) is 4.50. The van der Waals surface area contributed by atoms with Gasteiger partial charge < -0.3 is 19.9 Å². The zero-order valence-corrected chi connectivity index (χ0v) is 21.3. The third-order valence-corrected chi connectivity index (χ3v) is 5.49. The van der Waals surface area contributed by atoms with Gasteiger partial charge in [-0.3, -0.25) is 4.99 Å². The Morgan fingerprint density at radius 1 is 0.909 bits per heavy atom. The molecule has 0 radical (unpaired) electrons. The Morgan fingerprint density at radius 2 is 1.61 bits per heavy atom. The average Bonchev–Trinajstić information content (AvgIpc) is 2.87. The molecule has 0 saturated carbocycles. The maximum absolute atomic E-state index is 5.87. The quantitative estimate of drug-likeness (QED) is 0.272. The number of hydrogen-bond acceptors (Lipinski definition) is 5. The Hall–Kier alpha value is -2.88. The third-order valence-electron chi connectivity index (χ3n) is 5.49. The molecule has 0 aliphatic carbocycles. The molecule has 3 aromatic rings. The summed E-state index contributed by atoms with van der Waals surface area (Å²) in [5.74, 6) is 2.63. The molecule has 2 aromatic carbocycles. The summed E-state index contributed by atoms with van der Waals surface area (Å²) in [5, 5.41) is 3.50. The molecule has 1 N–H and O–H groups in total. The van der Waals surface area contributed by atoms with E-state index in [-0.39, 0.29) is 24.0 Å². The van der Waals surface area contributed by atoms with Crippen molar-refractivity contribution < 1.29 is 4.74 Å². The molecule has 0 amide bonds. The summed E-state index contributed by atoms with van der Waals surface area (Å²) in [5.41, 5.74) is 2.44. The molecule has 0 bridgehead atoms. The van der Waals surface area contributed by atoms with Crippen molar-refractivity contribution in [2.45, 2.75) is 13.0 Å². The largest absolute Gasteiger partial charge is 0.489 e. The van der Waals surface area contributed by atoms with E-state index in [4.69, 9.17) is 4.74 Å². The first-order chi connectivity index (χ1) is 15.8. The fraction of sp³-hybridized carbons (Fsp3) is 0.320. The average molecular weight is 558 g/mol. The second-order valence-electron chi connectivity index (χ2n) is 7.67. The van der Waals surface area contributed by atoms with Gasteiger partial charge in [0.15, 0.2) is 5.96 Å². The van der Waals surface area contributed by atoms with Crippen molar-refractivity contribution in [3.05, 3.63) is 84.2 Å². The van der Waals surface area contributed by atoms with E-state index in [0.29, 0.717) is 6.61 Å². The van der Waals surface area contributed by atoms with E-state index in [2.05, 4.69) is 54.3 Å². The van der Waals surface area contributed by atoms with Crippen LogP contribution in [0, 0.1) is 0 Å². The van der Waals surface area contributed by atoms with Gasteiger partial charge in [-0.15, -0.1) is 24.0 Å². The molecule has 0 spiro atoms. The highest BCUT2D eigenvalue weighted by Gasteiger charge is 2.20. The van der Waals surface area contributed by atoms with Gasteiger partial charge in [0, 0.05) is 52.2 Å². The third kappa shape index (κ3) is 7.31. The summed E-state index contributed by atoms with van der Waals surface area (Å²) >= 11 is 0. The summed E-state index contributed by atoms with van der Waals surface area (Å²) in [6.45, 7) is 4.97. The van der Waals surface area contributed by atoms with E-state index in [0.717, 1.165) is 56.8 Å². The fourth-order valence-electron chi connectivity index (χ4n) is 3.72. The van der Waals surface area contributed by atoms with Crippen LogP contribution in [0.3, 0.4) is 0 Å². The van der Waals surface area contributed by atoms with E-state index < -0.39 is 0 Å². The highest BCUT2D eigenvalue weighted by Crippen LogP contribution is 2.15. The number of halogens is 1. The first-order valence-corrected chi connectivity index (χ1v) is 11.0. The molecule has 8 heteroatoms. The first-order valence-electron chi connectivity index (χ1n) is 11.0. The van der Waals surface area contributed by atoms with Gasteiger partial charge >= 0.3 is 0 Å². The van der Waals surface area contributed by atoms with Crippen LogP contribution in [0.2, 0.25) is 0 Å². The molecule has 1 aliphatic heterocycles. The monoisotopic (exact) mass is 558 g/mol. The minimum Gasteiger partial charge on any atom is -0.489 e. The Labute approximate surface area is 212 Å². The normalized spacial score (nSPS) is 13.9. The number of nitrogens with zero attached hydrogens (tertiary/aromatic N) is 5. The van der Waals surface area contributed by atoms with Crippen molar-refractivity contribution in [3.63, 3.8) is 0 Å². The summed E-state index contributed by atoms with van der Waals surface area (Å²) in [4.78, 5) is 17.7. The summed E-state index contributed by atoms with van der Waals surface area (Å²) in [7, 11) is 1.84. The predicted octanol–water partition coefficient (Wildman–Crippen LogP) is 3.61. The second kappa shape index (κ2) is 13.0. The fourth-order valence-corrected chi connectivity index (χ4v) is 3.72. The molecule has 1 aliphatic rings. The van der Waals surface area contributed by atoms with E-state index >= 15 is 0 Å². The summed E-state index contributed by atoms with van der Waals surface area (Å²) < 4.78 is 5.87. The number of aromatic nitrogens is 2.